The molecule has 1 aliphatic rings. The average Bonchev–Trinajstić information content (AvgIpc) is 3.28. The average molecular weight is 312 g/mol. The van der Waals surface area contributed by atoms with Crippen molar-refractivity contribution < 1.29 is 17.9 Å². The van der Waals surface area contributed by atoms with E-state index in [1.807, 2.05) is 6.07 Å². The molecule has 116 valence electrons. The van der Waals surface area contributed by atoms with Gasteiger partial charge in [-0.2, -0.15) is 4.31 Å². The lowest BCUT2D eigenvalue weighted by molar-refractivity contribution is -0.139. The van der Waals surface area contributed by atoms with Crippen molar-refractivity contribution in [1.29, 1.82) is 0 Å². The summed E-state index contributed by atoms with van der Waals surface area (Å²) in [6, 6.07) is 7.08. The summed E-state index contributed by atoms with van der Waals surface area (Å²) in [6.07, 6.45) is 1.61. The first-order valence-electron chi connectivity index (χ1n) is 6.79. The Bertz CT molecular complexity index is 626. The smallest absolute Gasteiger partial charge is 0.325 e. The molecule has 2 rings (SSSR count). The van der Waals surface area contributed by atoms with Gasteiger partial charge in [-0.3, -0.25) is 4.79 Å². The number of methoxy groups -OCH3 is 1. The topological polar surface area (TPSA) is 89.7 Å². The van der Waals surface area contributed by atoms with E-state index in [0.29, 0.717) is 5.69 Å². The molecule has 21 heavy (non-hydrogen) atoms. The highest BCUT2D eigenvalue weighted by molar-refractivity contribution is 7.90. The van der Waals surface area contributed by atoms with Crippen molar-refractivity contribution >= 4 is 21.7 Å². The number of esters is 1. The fraction of sp³-hybridized carbons (Fsp3) is 0.500. The number of anilines is 1. The van der Waals surface area contributed by atoms with Crippen LogP contribution in [0, 0.1) is 0 Å². The summed E-state index contributed by atoms with van der Waals surface area (Å²) in [6.45, 7) is 1.53. The Morgan fingerprint density at radius 2 is 2.05 bits per heavy atom. The normalized spacial score (nSPS) is 16.7. The Balaban J connectivity index is 2.27. The number of carbonyl (C=O) groups excluding carboxylic acids is 1. The molecule has 0 bridgehead atoms. The van der Waals surface area contributed by atoms with E-state index in [9.17, 15) is 13.2 Å². The third kappa shape index (κ3) is 3.36. The fourth-order valence-corrected chi connectivity index (χ4v) is 3.82. The largest absolute Gasteiger partial charge is 0.468 e. The van der Waals surface area contributed by atoms with E-state index < -0.39 is 21.2 Å². The Morgan fingerprint density at radius 3 is 2.57 bits per heavy atom. The number of hydrogen-bond donors (Lipinski definition) is 1. The third-order valence-electron chi connectivity index (χ3n) is 3.64. The van der Waals surface area contributed by atoms with Crippen molar-refractivity contribution in [2.75, 3.05) is 12.8 Å². The van der Waals surface area contributed by atoms with Gasteiger partial charge in [-0.15, -0.1) is 0 Å². The van der Waals surface area contributed by atoms with E-state index in [1.54, 1.807) is 18.2 Å². The molecular formula is C14H20N2O4S. The lowest BCUT2D eigenvalue weighted by atomic mass is 10.2. The van der Waals surface area contributed by atoms with Gasteiger partial charge < -0.3 is 10.5 Å². The van der Waals surface area contributed by atoms with Crippen molar-refractivity contribution in [1.82, 2.24) is 4.31 Å². The molecule has 0 aromatic heterocycles. The van der Waals surface area contributed by atoms with Crippen LogP contribution in [-0.2, 0) is 26.1 Å². The molecule has 1 aromatic rings. The van der Waals surface area contributed by atoms with Crippen LogP contribution in [0.25, 0.3) is 0 Å². The molecule has 2 N–H and O–H groups in total. The number of carbonyl (C=O) groups is 1. The minimum Gasteiger partial charge on any atom is -0.468 e. The van der Waals surface area contributed by atoms with Crippen molar-refractivity contribution in [2.45, 2.75) is 37.6 Å². The number of nitrogens with zero attached hydrogens (tertiary/aromatic N) is 1. The fourth-order valence-electron chi connectivity index (χ4n) is 2.13. The first-order valence-corrected chi connectivity index (χ1v) is 8.30. The first-order chi connectivity index (χ1) is 9.87. The van der Waals surface area contributed by atoms with E-state index in [-0.39, 0.29) is 12.6 Å². The molecule has 0 heterocycles. The maximum Gasteiger partial charge on any atom is 0.325 e. The van der Waals surface area contributed by atoms with Gasteiger partial charge in [-0.05, 0) is 31.4 Å². The number of nitrogen functional groups attached to an aromatic ring is 1. The monoisotopic (exact) mass is 312 g/mol. The molecule has 0 amide bonds. The van der Waals surface area contributed by atoms with Gasteiger partial charge in [0.25, 0.3) is 0 Å². The van der Waals surface area contributed by atoms with Crippen molar-refractivity contribution in [2.24, 2.45) is 0 Å². The zero-order valence-corrected chi connectivity index (χ0v) is 13.0. The van der Waals surface area contributed by atoms with Gasteiger partial charge in [-0.25, -0.2) is 8.42 Å². The highest BCUT2D eigenvalue weighted by Gasteiger charge is 2.42. The van der Waals surface area contributed by atoms with Crippen LogP contribution >= 0.6 is 0 Å². The maximum atomic E-state index is 12.6. The van der Waals surface area contributed by atoms with Gasteiger partial charge in [0.15, 0.2) is 5.25 Å². The lowest BCUT2D eigenvalue weighted by Crippen LogP contribution is -2.42. The lowest BCUT2D eigenvalue weighted by Gasteiger charge is -2.25. The summed E-state index contributed by atoms with van der Waals surface area (Å²) in [5.41, 5.74) is 7.17. The molecule has 1 aromatic carbocycles. The zero-order valence-electron chi connectivity index (χ0n) is 12.2. The SMILES string of the molecule is COC(=O)C(C)S(=O)(=O)N(Cc1ccccc1N)C1CC1. The number of rotatable bonds is 6. The number of benzene rings is 1. The van der Waals surface area contributed by atoms with E-state index in [1.165, 1.54) is 18.3 Å². The number of sulfonamides is 1. The van der Waals surface area contributed by atoms with Crippen molar-refractivity contribution in [3.63, 3.8) is 0 Å². The summed E-state index contributed by atoms with van der Waals surface area (Å²) in [4.78, 5) is 11.6. The molecular weight excluding hydrogens is 292 g/mol. The summed E-state index contributed by atoms with van der Waals surface area (Å²) >= 11 is 0. The Labute approximate surface area is 124 Å². The predicted octanol–water partition coefficient (Wildman–Crippen LogP) is 1.12. The highest BCUT2D eigenvalue weighted by atomic mass is 32.2. The molecule has 6 nitrogen and oxygen atoms in total. The van der Waals surface area contributed by atoms with Crippen molar-refractivity contribution in [3.8, 4) is 0 Å². The Kier molecular flexibility index (Phi) is 4.53. The second-order valence-electron chi connectivity index (χ2n) is 5.19. The Hall–Kier alpha value is -1.60. The van der Waals surface area contributed by atoms with E-state index >= 15 is 0 Å². The molecule has 1 saturated carbocycles. The zero-order chi connectivity index (χ0) is 15.6. The van der Waals surface area contributed by atoms with Crippen LogP contribution < -0.4 is 5.73 Å². The molecule has 1 atom stereocenters. The van der Waals surface area contributed by atoms with Crippen LogP contribution in [0.15, 0.2) is 24.3 Å². The molecule has 1 aliphatic carbocycles. The quantitative estimate of drug-likeness (QED) is 0.628. The summed E-state index contributed by atoms with van der Waals surface area (Å²) in [5, 5.41) is -1.21. The standard InChI is InChI=1S/C14H20N2O4S/c1-10(14(17)20-2)21(18,19)16(12-7-8-12)9-11-5-3-4-6-13(11)15/h3-6,10,12H,7-9,15H2,1-2H3. The number of hydrogen-bond acceptors (Lipinski definition) is 5. The molecule has 0 spiro atoms. The minimum absolute atomic E-state index is 0.0540. The van der Waals surface area contributed by atoms with Crippen LogP contribution in [0.2, 0.25) is 0 Å². The van der Waals surface area contributed by atoms with Gasteiger partial charge in [0, 0.05) is 18.3 Å². The van der Waals surface area contributed by atoms with Crippen LogP contribution in [0.5, 0.6) is 0 Å². The van der Waals surface area contributed by atoms with Gasteiger partial charge in [0.1, 0.15) is 0 Å². The summed E-state index contributed by atoms with van der Waals surface area (Å²) < 4.78 is 31.2. The number of nitrogens with two attached hydrogens (primary N) is 1. The second-order valence-corrected chi connectivity index (χ2v) is 7.39. The molecule has 7 heteroatoms. The maximum absolute atomic E-state index is 12.6. The third-order valence-corrected chi connectivity index (χ3v) is 5.81. The van der Waals surface area contributed by atoms with Gasteiger partial charge in [0.05, 0.1) is 7.11 Å². The summed E-state index contributed by atoms with van der Waals surface area (Å²) in [5.74, 6) is -0.748. The molecule has 1 unspecified atom stereocenters. The van der Waals surface area contributed by atoms with Crippen LogP contribution in [0.3, 0.4) is 0 Å². The second kappa shape index (κ2) is 6.03. The Morgan fingerprint density at radius 1 is 1.43 bits per heavy atom. The van der Waals surface area contributed by atoms with E-state index in [0.717, 1.165) is 18.4 Å². The number of ether oxygens (including phenoxy) is 1. The van der Waals surface area contributed by atoms with Crippen molar-refractivity contribution in [3.05, 3.63) is 29.8 Å². The van der Waals surface area contributed by atoms with E-state index in [4.69, 9.17) is 5.73 Å². The van der Waals surface area contributed by atoms with Gasteiger partial charge in [0.2, 0.25) is 10.0 Å². The summed E-state index contributed by atoms with van der Waals surface area (Å²) in [7, 11) is -2.58. The molecule has 0 aliphatic heterocycles. The first kappa shape index (κ1) is 15.8. The molecule has 0 radical (unpaired) electrons. The van der Waals surface area contributed by atoms with Crippen LogP contribution in [0.1, 0.15) is 25.3 Å². The number of para-hydroxylation sites is 1. The van der Waals surface area contributed by atoms with E-state index in [2.05, 4.69) is 4.74 Å². The highest BCUT2D eigenvalue weighted by Crippen LogP contribution is 2.33. The molecule has 1 fully saturated rings. The molecule has 0 saturated heterocycles. The van der Waals surface area contributed by atoms with Gasteiger partial charge in [-0.1, -0.05) is 18.2 Å². The van der Waals surface area contributed by atoms with Gasteiger partial charge >= 0.3 is 5.97 Å². The van der Waals surface area contributed by atoms with Crippen LogP contribution in [0.4, 0.5) is 5.69 Å². The predicted molar refractivity (Wildman–Crippen MR) is 79.8 cm³/mol. The van der Waals surface area contributed by atoms with Crippen LogP contribution in [-0.4, -0.2) is 37.1 Å². The minimum atomic E-state index is -3.76.